The quantitative estimate of drug-likeness (QED) is 0.914. The average molecular weight is 278 g/mol. The molecule has 20 heavy (non-hydrogen) atoms. The van der Waals surface area contributed by atoms with Crippen molar-refractivity contribution in [1.82, 2.24) is 20.0 Å². The molecular formula is C15H26N4O. The fourth-order valence-electron chi connectivity index (χ4n) is 3.10. The number of carbonyl (C=O) groups is 1. The topological polar surface area (TPSA) is 50.2 Å². The second-order valence-corrected chi connectivity index (χ2v) is 6.11. The van der Waals surface area contributed by atoms with Gasteiger partial charge in [-0.25, -0.2) is 0 Å². The van der Waals surface area contributed by atoms with Crippen molar-refractivity contribution >= 4 is 5.91 Å². The number of aryl methyl sites for hydroxylation is 2. The summed E-state index contributed by atoms with van der Waals surface area (Å²) in [5.74, 6) is 0.0291. The molecule has 5 heteroatoms. The first-order chi connectivity index (χ1) is 9.40. The molecule has 1 saturated carbocycles. The molecule has 0 radical (unpaired) electrons. The van der Waals surface area contributed by atoms with Gasteiger partial charge >= 0.3 is 0 Å². The zero-order valence-corrected chi connectivity index (χ0v) is 13.2. The highest BCUT2D eigenvalue weighted by atomic mass is 16.1. The molecule has 1 heterocycles. The Bertz CT molecular complexity index is 484. The summed E-state index contributed by atoms with van der Waals surface area (Å²) < 4.78 is 1.77. The predicted molar refractivity (Wildman–Crippen MR) is 79.9 cm³/mol. The van der Waals surface area contributed by atoms with Crippen LogP contribution in [0.25, 0.3) is 0 Å². The minimum absolute atomic E-state index is 0.0291. The van der Waals surface area contributed by atoms with Crippen molar-refractivity contribution in [2.24, 2.45) is 7.05 Å². The molecule has 1 N–H and O–H groups in total. The lowest BCUT2D eigenvalue weighted by molar-refractivity contribution is 0.0915. The molecule has 1 amide bonds. The summed E-state index contributed by atoms with van der Waals surface area (Å²) >= 11 is 0. The van der Waals surface area contributed by atoms with Crippen LogP contribution >= 0.6 is 0 Å². The molecule has 1 aromatic heterocycles. The van der Waals surface area contributed by atoms with Crippen LogP contribution < -0.4 is 5.32 Å². The lowest BCUT2D eigenvalue weighted by Gasteiger charge is -2.33. The van der Waals surface area contributed by atoms with Crippen LogP contribution in [0.2, 0.25) is 0 Å². The first-order valence-corrected chi connectivity index (χ1v) is 7.37. The van der Waals surface area contributed by atoms with E-state index in [0.717, 1.165) is 42.6 Å². The third-order valence-corrected chi connectivity index (χ3v) is 4.50. The van der Waals surface area contributed by atoms with E-state index in [2.05, 4.69) is 29.4 Å². The fourth-order valence-corrected chi connectivity index (χ4v) is 3.10. The van der Waals surface area contributed by atoms with Crippen molar-refractivity contribution in [1.29, 1.82) is 0 Å². The van der Waals surface area contributed by atoms with Crippen LogP contribution in [0.3, 0.4) is 0 Å². The van der Waals surface area contributed by atoms with Crippen LogP contribution in [-0.4, -0.2) is 46.8 Å². The number of hydrogen-bond acceptors (Lipinski definition) is 3. The van der Waals surface area contributed by atoms with Gasteiger partial charge in [-0.15, -0.1) is 0 Å². The number of nitrogens with one attached hydrogen (secondary N) is 1. The fraction of sp³-hybridized carbons (Fsp3) is 0.733. The van der Waals surface area contributed by atoms with E-state index in [1.165, 1.54) is 0 Å². The SMILES string of the molecule is Cc1nn(C)c(C)c1C(=O)NC1CCC(N(C)C)CC1. The van der Waals surface area contributed by atoms with Crippen molar-refractivity contribution in [2.45, 2.75) is 51.6 Å². The summed E-state index contributed by atoms with van der Waals surface area (Å²) in [5.41, 5.74) is 2.48. The third-order valence-electron chi connectivity index (χ3n) is 4.50. The summed E-state index contributed by atoms with van der Waals surface area (Å²) in [6.07, 6.45) is 4.44. The second kappa shape index (κ2) is 5.95. The number of rotatable bonds is 3. The van der Waals surface area contributed by atoms with Crippen LogP contribution in [-0.2, 0) is 7.05 Å². The molecule has 112 valence electrons. The molecule has 0 aliphatic heterocycles. The van der Waals surface area contributed by atoms with E-state index in [1.54, 1.807) is 4.68 Å². The highest BCUT2D eigenvalue weighted by Gasteiger charge is 2.25. The van der Waals surface area contributed by atoms with Crippen LogP contribution in [0.15, 0.2) is 0 Å². The molecule has 0 bridgehead atoms. The van der Waals surface area contributed by atoms with Crippen molar-refractivity contribution in [2.75, 3.05) is 14.1 Å². The van der Waals surface area contributed by atoms with Gasteiger partial charge in [0, 0.05) is 24.8 Å². The maximum atomic E-state index is 12.4. The first-order valence-electron chi connectivity index (χ1n) is 7.37. The van der Waals surface area contributed by atoms with Crippen LogP contribution in [0.4, 0.5) is 0 Å². The number of aromatic nitrogens is 2. The Balaban J connectivity index is 1.96. The van der Waals surface area contributed by atoms with E-state index in [1.807, 2.05) is 20.9 Å². The van der Waals surface area contributed by atoms with Crippen molar-refractivity contribution in [3.05, 3.63) is 17.0 Å². The Morgan fingerprint density at radius 2 is 1.85 bits per heavy atom. The average Bonchev–Trinajstić information content (AvgIpc) is 2.63. The van der Waals surface area contributed by atoms with Gasteiger partial charge in [0.25, 0.3) is 5.91 Å². The molecule has 1 aromatic rings. The Hall–Kier alpha value is -1.36. The van der Waals surface area contributed by atoms with E-state index < -0.39 is 0 Å². The molecule has 0 aromatic carbocycles. The highest BCUT2D eigenvalue weighted by Crippen LogP contribution is 2.22. The summed E-state index contributed by atoms with van der Waals surface area (Å²) in [7, 11) is 6.14. The minimum atomic E-state index is 0.0291. The summed E-state index contributed by atoms with van der Waals surface area (Å²) in [5, 5.41) is 7.49. The molecular weight excluding hydrogens is 252 g/mol. The van der Waals surface area contributed by atoms with E-state index in [9.17, 15) is 4.79 Å². The molecule has 2 rings (SSSR count). The van der Waals surface area contributed by atoms with Crippen molar-refractivity contribution in [3.8, 4) is 0 Å². The number of amides is 1. The Morgan fingerprint density at radius 3 is 2.30 bits per heavy atom. The van der Waals surface area contributed by atoms with Gasteiger partial charge in [-0.3, -0.25) is 9.48 Å². The highest BCUT2D eigenvalue weighted by molar-refractivity contribution is 5.96. The standard InChI is InChI=1S/C15H26N4O/c1-10-14(11(2)19(5)17-10)15(20)16-12-6-8-13(9-7-12)18(3)4/h12-13H,6-9H2,1-5H3,(H,16,20). The molecule has 1 aliphatic rings. The van der Waals surface area contributed by atoms with Gasteiger partial charge in [0.15, 0.2) is 0 Å². The summed E-state index contributed by atoms with van der Waals surface area (Å²) in [4.78, 5) is 14.7. The third kappa shape index (κ3) is 3.03. The number of hydrogen-bond donors (Lipinski definition) is 1. The molecule has 1 fully saturated rings. The van der Waals surface area contributed by atoms with E-state index in [4.69, 9.17) is 0 Å². The zero-order chi connectivity index (χ0) is 14.9. The van der Waals surface area contributed by atoms with Gasteiger partial charge in [0.2, 0.25) is 0 Å². The van der Waals surface area contributed by atoms with Crippen molar-refractivity contribution < 1.29 is 4.79 Å². The van der Waals surface area contributed by atoms with Gasteiger partial charge in [0.1, 0.15) is 0 Å². The zero-order valence-electron chi connectivity index (χ0n) is 13.2. The van der Waals surface area contributed by atoms with Gasteiger partial charge in [-0.1, -0.05) is 0 Å². The molecule has 0 atom stereocenters. The maximum Gasteiger partial charge on any atom is 0.255 e. The molecule has 1 aliphatic carbocycles. The van der Waals surface area contributed by atoms with Gasteiger partial charge in [-0.05, 0) is 53.6 Å². The number of nitrogens with zero attached hydrogens (tertiary/aromatic N) is 3. The smallest absolute Gasteiger partial charge is 0.255 e. The van der Waals surface area contributed by atoms with Gasteiger partial charge < -0.3 is 10.2 Å². The van der Waals surface area contributed by atoms with E-state index in [0.29, 0.717) is 12.1 Å². The van der Waals surface area contributed by atoms with Gasteiger partial charge in [-0.2, -0.15) is 5.10 Å². The normalized spacial score (nSPS) is 23.1. The molecule has 0 unspecified atom stereocenters. The predicted octanol–water partition coefficient (Wildman–Crippen LogP) is 1.64. The van der Waals surface area contributed by atoms with Crippen LogP contribution in [0.5, 0.6) is 0 Å². The minimum Gasteiger partial charge on any atom is -0.349 e. The molecule has 5 nitrogen and oxygen atoms in total. The lowest BCUT2D eigenvalue weighted by Crippen LogP contribution is -2.42. The summed E-state index contributed by atoms with van der Waals surface area (Å²) in [6, 6.07) is 0.961. The second-order valence-electron chi connectivity index (χ2n) is 6.11. The lowest BCUT2D eigenvalue weighted by atomic mass is 9.90. The number of carbonyl (C=O) groups excluding carboxylic acids is 1. The van der Waals surface area contributed by atoms with E-state index >= 15 is 0 Å². The molecule has 0 spiro atoms. The Morgan fingerprint density at radius 1 is 1.25 bits per heavy atom. The van der Waals surface area contributed by atoms with Crippen molar-refractivity contribution in [3.63, 3.8) is 0 Å². The molecule has 0 saturated heterocycles. The largest absolute Gasteiger partial charge is 0.349 e. The summed E-state index contributed by atoms with van der Waals surface area (Å²) in [6.45, 7) is 3.84. The van der Waals surface area contributed by atoms with Crippen LogP contribution in [0, 0.1) is 13.8 Å². The van der Waals surface area contributed by atoms with Crippen LogP contribution in [0.1, 0.15) is 47.4 Å². The van der Waals surface area contributed by atoms with Gasteiger partial charge in [0.05, 0.1) is 11.3 Å². The monoisotopic (exact) mass is 278 g/mol. The first kappa shape index (κ1) is 15.0. The Labute approximate surface area is 121 Å². The maximum absolute atomic E-state index is 12.4. The Kier molecular flexibility index (Phi) is 4.48. The van der Waals surface area contributed by atoms with E-state index in [-0.39, 0.29) is 5.91 Å².